The van der Waals surface area contributed by atoms with Crippen LogP contribution in [0.15, 0.2) is 0 Å². The van der Waals surface area contributed by atoms with Gasteiger partial charge >= 0.3 is 0 Å². The molecule has 0 aromatic rings. The van der Waals surface area contributed by atoms with Gasteiger partial charge in [0, 0.05) is 12.6 Å². The third-order valence-corrected chi connectivity index (χ3v) is 3.72. The maximum absolute atomic E-state index is 3.46. The Morgan fingerprint density at radius 1 is 1.15 bits per heavy atom. The standard InChI is InChI=1S/C11H22N2/c1-12-11-6-4-5-10(11)9-13-7-2-3-8-13/h10-12H,2-9H2,1H3. The lowest BCUT2D eigenvalue weighted by atomic mass is 10.0. The molecular weight excluding hydrogens is 160 g/mol. The molecule has 13 heavy (non-hydrogen) atoms. The first-order valence-corrected chi connectivity index (χ1v) is 5.80. The van der Waals surface area contributed by atoms with E-state index in [4.69, 9.17) is 0 Å². The molecule has 1 N–H and O–H groups in total. The Hall–Kier alpha value is -0.0800. The highest BCUT2D eigenvalue weighted by molar-refractivity contribution is 4.85. The molecule has 2 rings (SSSR count). The molecule has 0 spiro atoms. The van der Waals surface area contributed by atoms with Gasteiger partial charge in [0.05, 0.1) is 0 Å². The summed E-state index contributed by atoms with van der Waals surface area (Å²) >= 11 is 0. The summed E-state index contributed by atoms with van der Waals surface area (Å²) in [4.78, 5) is 2.65. The van der Waals surface area contributed by atoms with Crippen LogP contribution in [0, 0.1) is 5.92 Å². The van der Waals surface area contributed by atoms with Gasteiger partial charge in [0.15, 0.2) is 0 Å². The Kier molecular flexibility index (Phi) is 3.23. The van der Waals surface area contributed by atoms with Crippen LogP contribution in [-0.2, 0) is 0 Å². The van der Waals surface area contributed by atoms with E-state index in [2.05, 4.69) is 17.3 Å². The van der Waals surface area contributed by atoms with E-state index in [1.54, 1.807) is 0 Å². The summed E-state index contributed by atoms with van der Waals surface area (Å²) in [6.07, 6.45) is 7.13. The molecule has 2 fully saturated rings. The van der Waals surface area contributed by atoms with E-state index in [9.17, 15) is 0 Å². The van der Waals surface area contributed by atoms with Crippen molar-refractivity contribution in [3.8, 4) is 0 Å². The molecule has 1 aliphatic heterocycles. The van der Waals surface area contributed by atoms with Gasteiger partial charge in [0.25, 0.3) is 0 Å². The van der Waals surface area contributed by atoms with Crippen molar-refractivity contribution in [3.63, 3.8) is 0 Å². The topological polar surface area (TPSA) is 15.3 Å². The van der Waals surface area contributed by atoms with Gasteiger partial charge in [-0.2, -0.15) is 0 Å². The third-order valence-electron chi connectivity index (χ3n) is 3.72. The molecular formula is C11H22N2. The highest BCUT2D eigenvalue weighted by Crippen LogP contribution is 2.27. The summed E-state index contributed by atoms with van der Waals surface area (Å²) < 4.78 is 0. The summed E-state index contributed by atoms with van der Waals surface area (Å²) in [7, 11) is 2.12. The van der Waals surface area contributed by atoms with Gasteiger partial charge in [-0.05, 0) is 51.7 Å². The lowest BCUT2D eigenvalue weighted by Gasteiger charge is -2.24. The Labute approximate surface area is 81.7 Å². The Bertz CT molecular complexity index is 152. The highest BCUT2D eigenvalue weighted by Gasteiger charge is 2.28. The minimum Gasteiger partial charge on any atom is -0.317 e. The third kappa shape index (κ3) is 2.23. The first-order valence-electron chi connectivity index (χ1n) is 5.80. The number of rotatable bonds is 3. The van der Waals surface area contributed by atoms with Crippen LogP contribution in [0.4, 0.5) is 0 Å². The molecule has 1 saturated carbocycles. The van der Waals surface area contributed by atoms with Crippen LogP contribution in [0.2, 0.25) is 0 Å². The molecule has 0 bridgehead atoms. The molecule has 0 radical (unpaired) electrons. The van der Waals surface area contributed by atoms with Crippen LogP contribution >= 0.6 is 0 Å². The van der Waals surface area contributed by atoms with Crippen molar-refractivity contribution in [1.29, 1.82) is 0 Å². The lowest BCUT2D eigenvalue weighted by molar-refractivity contribution is 0.256. The Morgan fingerprint density at radius 3 is 2.62 bits per heavy atom. The maximum Gasteiger partial charge on any atom is 0.0104 e. The van der Waals surface area contributed by atoms with Gasteiger partial charge in [-0.1, -0.05) is 6.42 Å². The van der Waals surface area contributed by atoms with Crippen molar-refractivity contribution < 1.29 is 0 Å². The minimum atomic E-state index is 0.806. The smallest absolute Gasteiger partial charge is 0.0104 e. The summed E-state index contributed by atoms with van der Waals surface area (Å²) in [6.45, 7) is 4.06. The van der Waals surface area contributed by atoms with E-state index in [0.29, 0.717) is 0 Å². The second kappa shape index (κ2) is 4.43. The zero-order valence-electron chi connectivity index (χ0n) is 8.76. The zero-order valence-corrected chi connectivity index (χ0v) is 8.76. The molecule has 2 atom stereocenters. The molecule has 2 nitrogen and oxygen atoms in total. The van der Waals surface area contributed by atoms with E-state index in [1.807, 2.05) is 0 Å². The van der Waals surface area contributed by atoms with Crippen molar-refractivity contribution in [3.05, 3.63) is 0 Å². The van der Waals surface area contributed by atoms with Crippen molar-refractivity contribution in [1.82, 2.24) is 10.2 Å². The maximum atomic E-state index is 3.46. The number of nitrogens with one attached hydrogen (secondary N) is 1. The normalized spacial score (nSPS) is 35.8. The molecule has 1 aliphatic carbocycles. The van der Waals surface area contributed by atoms with Crippen LogP contribution in [-0.4, -0.2) is 37.6 Å². The van der Waals surface area contributed by atoms with Gasteiger partial charge in [-0.15, -0.1) is 0 Å². The average molecular weight is 182 g/mol. The molecule has 0 aromatic heterocycles. The van der Waals surface area contributed by atoms with Crippen LogP contribution < -0.4 is 5.32 Å². The molecule has 1 heterocycles. The Morgan fingerprint density at radius 2 is 1.92 bits per heavy atom. The molecule has 2 heteroatoms. The van der Waals surface area contributed by atoms with Crippen LogP contribution in [0.5, 0.6) is 0 Å². The largest absolute Gasteiger partial charge is 0.317 e. The fourth-order valence-corrected chi connectivity index (χ4v) is 2.93. The van der Waals surface area contributed by atoms with Gasteiger partial charge in [-0.3, -0.25) is 0 Å². The molecule has 2 unspecified atom stereocenters. The first kappa shape index (κ1) is 9.47. The fourth-order valence-electron chi connectivity index (χ4n) is 2.93. The van der Waals surface area contributed by atoms with Crippen molar-refractivity contribution in [2.45, 2.75) is 38.1 Å². The number of hydrogen-bond acceptors (Lipinski definition) is 2. The first-order chi connectivity index (χ1) is 6.40. The fraction of sp³-hybridized carbons (Fsp3) is 1.00. The number of nitrogens with zero attached hydrogens (tertiary/aromatic N) is 1. The van der Waals surface area contributed by atoms with Crippen LogP contribution in [0.3, 0.4) is 0 Å². The van der Waals surface area contributed by atoms with Crippen LogP contribution in [0.1, 0.15) is 32.1 Å². The predicted molar refractivity (Wildman–Crippen MR) is 55.9 cm³/mol. The zero-order chi connectivity index (χ0) is 9.10. The molecule has 0 aromatic carbocycles. The van der Waals surface area contributed by atoms with Crippen molar-refractivity contribution in [2.75, 3.05) is 26.7 Å². The molecule has 76 valence electrons. The molecule has 0 amide bonds. The van der Waals surface area contributed by atoms with Crippen molar-refractivity contribution in [2.24, 2.45) is 5.92 Å². The second-order valence-electron chi connectivity index (χ2n) is 4.59. The summed E-state index contributed by atoms with van der Waals surface area (Å²) in [5.41, 5.74) is 0. The van der Waals surface area contributed by atoms with E-state index in [-0.39, 0.29) is 0 Å². The Balaban J connectivity index is 1.79. The summed E-state index contributed by atoms with van der Waals surface area (Å²) in [6, 6.07) is 0.806. The highest BCUT2D eigenvalue weighted by atomic mass is 15.1. The van der Waals surface area contributed by atoms with E-state index < -0.39 is 0 Å². The summed E-state index contributed by atoms with van der Waals surface area (Å²) in [5, 5.41) is 3.46. The number of hydrogen-bond donors (Lipinski definition) is 1. The molecule has 2 aliphatic rings. The minimum absolute atomic E-state index is 0.806. The quantitative estimate of drug-likeness (QED) is 0.711. The van der Waals surface area contributed by atoms with Gasteiger partial charge < -0.3 is 10.2 Å². The monoisotopic (exact) mass is 182 g/mol. The average Bonchev–Trinajstić information content (AvgIpc) is 2.76. The lowest BCUT2D eigenvalue weighted by Crippen LogP contribution is -2.36. The predicted octanol–water partition coefficient (Wildman–Crippen LogP) is 1.47. The van der Waals surface area contributed by atoms with E-state index >= 15 is 0 Å². The van der Waals surface area contributed by atoms with Crippen LogP contribution in [0.25, 0.3) is 0 Å². The van der Waals surface area contributed by atoms with Crippen molar-refractivity contribution >= 4 is 0 Å². The van der Waals surface area contributed by atoms with Gasteiger partial charge in [-0.25, -0.2) is 0 Å². The SMILES string of the molecule is CNC1CCCC1CN1CCCC1. The van der Waals surface area contributed by atoms with E-state index in [0.717, 1.165) is 12.0 Å². The van der Waals surface area contributed by atoms with E-state index in [1.165, 1.54) is 51.7 Å². The second-order valence-corrected chi connectivity index (χ2v) is 4.59. The summed E-state index contributed by atoms with van der Waals surface area (Å²) in [5.74, 6) is 0.933. The van der Waals surface area contributed by atoms with Gasteiger partial charge in [0.2, 0.25) is 0 Å². The van der Waals surface area contributed by atoms with Gasteiger partial charge in [0.1, 0.15) is 0 Å². The molecule has 1 saturated heterocycles. The number of likely N-dealkylation sites (tertiary alicyclic amines) is 1.